The number of ether oxygens (including phenoxy) is 1. The number of carbonyl (C=O) groups excluding carboxylic acids is 1. The number of halogens is 2. The molecule has 9 heteroatoms. The van der Waals surface area contributed by atoms with Crippen LogP contribution in [0.1, 0.15) is 10.4 Å². The van der Waals surface area contributed by atoms with Gasteiger partial charge in [0.25, 0.3) is 10.0 Å². The van der Waals surface area contributed by atoms with E-state index in [1.807, 2.05) is 0 Å². The van der Waals surface area contributed by atoms with Gasteiger partial charge in [-0.3, -0.25) is 4.72 Å². The molecule has 1 aromatic heterocycles. The van der Waals surface area contributed by atoms with E-state index in [9.17, 15) is 17.6 Å². The Morgan fingerprint density at radius 1 is 1.33 bits per heavy atom. The molecule has 21 heavy (non-hydrogen) atoms. The SMILES string of the molecule is COC(=O)c1ccc(F)cc1NS(=O)(=O)c1ccc(Br)s1. The fourth-order valence-corrected chi connectivity index (χ4v) is 4.61. The summed E-state index contributed by atoms with van der Waals surface area (Å²) in [6.45, 7) is 0. The number of rotatable bonds is 4. The predicted molar refractivity (Wildman–Crippen MR) is 80.6 cm³/mol. The highest BCUT2D eigenvalue weighted by Crippen LogP contribution is 2.29. The van der Waals surface area contributed by atoms with Crippen molar-refractivity contribution in [2.24, 2.45) is 0 Å². The Hall–Kier alpha value is -1.45. The Bertz CT molecular complexity index is 788. The molecule has 0 unspecified atom stereocenters. The zero-order valence-corrected chi connectivity index (χ0v) is 13.8. The number of hydrogen-bond acceptors (Lipinski definition) is 5. The number of esters is 1. The number of hydrogen-bond donors (Lipinski definition) is 1. The van der Waals surface area contributed by atoms with Crippen molar-refractivity contribution in [3.05, 3.63) is 45.5 Å². The lowest BCUT2D eigenvalue weighted by Gasteiger charge is -2.10. The molecule has 1 heterocycles. The van der Waals surface area contributed by atoms with Gasteiger partial charge in [-0.25, -0.2) is 17.6 Å². The van der Waals surface area contributed by atoms with E-state index in [2.05, 4.69) is 25.4 Å². The molecule has 1 N–H and O–H groups in total. The van der Waals surface area contributed by atoms with E-state index >= 15 is 0 Å². The van der Waals surface area contributed by atoms with Gasteiger partial charge in [0, 0.05) is 0 Å². The lowest BCUT2D eigenvalue weighted by molar-refractivity contribution is 0.0602. The zero-order chi connectivity index (χ0) is 15.6. The van der Waals surface area contributed by atoms with E-state index < -0.39 is 21.8 Å². The Balaban J connectivity index is 2.43. The lowest BCUT2D eigenvalue weighted by atomic mass is 10.2. The zero-order valence-electron chi connectivity index (χ0n) is 10.6. The highest BCUT2D eigenvalue weighted by molar-refractivity contribution is 9.11. The van der Waals surface area contributed by atoms with Crippen molar-refractivity contribution in [1.29, 1.82) is 0 Å². The lowest BCUT2D eigenvalue weighted by Crippen LogP contribution is -2.15. The van der Waals surface area contributed by atoms with E-state index in [-0.39, 0.29) is 15.5 Å². The third-order valence-electron chi connectivity index (χ3n) is 2.44. The maximum Gasteiger partial charge on any atom is 0.339 e. The van der Waals surface area contributed by atoms with Crippen LogP contribution in [0.15, 0.2) is 38.3 Å². The summed E-state index contributed by atoms with van der Waals surface area (Å²) in [6, 6.07) is 6.10. The molecule has 0 bridgehead atoms. The number of nitrogens with one attached hydrogen (secondary N) is 1. The highest BCUT2D eigenvalue weighted by Gasteiger charge is 2.21. The number of sulfonamides is 1. The van der Waals surface area contributed by atoms with Crippen LogP contribution >= 0.6 is 27.3 Å². The van der Waals surface area contributed by atoms with Crippen LogP contribution < -0.4 is 4.72 Å². The van der Waals surface area contributed by atoms with Crippen molar-refractivity contribution in [2.75, 3.05) is 11.8 Å². The van der Waals surface area contributed by atoms with Crippen molar-refractivity contribution in [3.8, 4) is 0 Å². The van der Waals surface area contributed by atoms with E-state index in [0.717, 1.165) is 36.6 Å². The fraction of sp³-hybridized carbons (Fsp3) is 0.0833. The minimum absolute atomic E-state index is 0.0365. The molecule has 0 saturated carbocycles. The molecule has 0 atom stereocenters. The van der Waals surface area contributed by atoms with Crippen LogP contribution in [0.3, 0.4) is 0 Å². The minimum Gasteiger partial charge on any atom is -0.465 e. The molecule has 0 aliphatic rings. The Morgan fingerprint density at radius 3 is 2.62 bits per heavy atom. The largest absolute Gasteiger partial charge is 0.465 e. The summed E-state index contributed by atoms with van der Waals surface area (Å²) in [5.74, 6) is -1.44. The van der Waals surface area contributed by atoms with E-state index in [0.29, 0.717) is 3.79 Å². The summed E-state index contributed by atoms with van der Waals surface area (Å²) in [4.78, 5) is 11.6. The summed E-state index contributed by atoms with van der Waals surface area (Å²) in [5.41, 5.74) is -0.246. The maximum atomic E-state index is 13.3. The Labute approximate surface area is 132 Å². The van der Waals surface area contributed by atoms with Crippen molar-refractivity contribution < 1.29 is 22.3 Å². The number of anilines is 1. The molecule has 0 radical (unpaired) electrons. The average Bonchev–Trinajstić information content (AvgIpc) is 2.85. The second kappa shape index (κ2) is 6.12. The van der Waals surface area contributed by atoms with Gasteiger partial charge in [0.1, 0.15) is 10.0 Å². The van der Waals surface area contributed by atoms with Crippen LogP contribution in [0.4, 0.5) is 10.1 Å². The molecule has 1 aromatic carbocycles. The highest BCUT2D eigenvalue weighted by atomic mass is 79.9. The molecule has 2 rings (SSSR count). The first-order valence-electron chi connectivity index (χ1n) is 5.49. The van der Waals surface area contributed by atoms with Gasteiger partial charge in [-0.2, -0.15) is 0 Å². The van der Waals surface area contributed by atoms with Crippen LogP contribution in [-0.4, -0.2) is 21.5 Å². The summed E-state index contributed by atoms with van der Waals surface area (Å²) in [6.07, 6.45) is 0. The molecule has 5 nitrogen and oxygen atoms in total. The molecule has 0 spiro atoms. The Morgan fingerprint density at radius 2 is 2.05 bits per heavy atom. The minimum atomic E-state index is -3.91. The molecular formula is C12H9BrFNO4S2. The number of methoxy groups -OCH3 is 1. The molecule has 0 aliphatic carbocycles. The molecule has 2 aromatic rings. The number of benzene rings is 1. The van der Waals surface area contributed by atoms with Gasteiger partial charge >= 0.3 is 5.97 Å². The van der Waals surface area contributed by atoms with Crippen molar-refractivity contribution in [2.45, 2.75) is 4.21 Å². The second-order valence-corrected chi connectivity index (χ2v) is 8.22. The average molecular weight is 394 g/mol. The van der Waals surface area contributed by atoms with Crippen LogP contribution in [-0.2, 0) is 14.8 Å². The monoisotopic (exact) mass is 393 g/mol. The van der Waals surface area contributed by atoms with Crippen molar-refractivity contribution in [1.82, 2.24) is 0 Å². The van der Waals surface area contributed by atoms with Gasteiger partial charge in [-0.15, -0.1) is 11.3 Å². The number of carbonyl (C=O) groups is 1. The molecular weight excluding hydrogens is 385 g/mol. The predicted octanol–water partition coefficient (Wildman–Crippen LogP) is 3.24. The summed E-state index contributed by atoms with van der Waals surface area (Å²) in [7, 11) is -2.76. The van der Waals surface area contributed by atoms with Gasteiger partial charge in [-0.05, 0) is 46.3 Å². The van der Waals surface area contributed by atoms with Gasteiger partial charge in [-0.1, -0.05) is 0 Å². The third kappa shape index (κ3) is 3.60. The second-order valence-electron chi connectivity index (χ2n) is 3.85. The summed E-state index contributed by atoms with van der Waals surface area (Å²) in [5, 5.41) is 0. The van der Waals surface area contributed by atoms with Crippen molar-refractivity contribution >= 4 is 48.9 Å². The summed E-state index contributed by atoms with van der Waals surface area (Å²) >= 11 is 4.16. The standard InChI is InChI=1S/C12H9BrFNO4S2/c1-19-12(16)8-3-2-7(14)6-9(8)15-21(17,18)11-5-4-10(13)20-11/h2-6,15H,1H3. The molecule has 112 valence electrons. The summed E-state index contributed by atoms with van der Waals surface area (Å²) < 4.78 is 45.1. The van der Waals surface area contributed by atoms with Crippen LogP contribution in [0.25, 0.3) is 0 Å². The van der Waals surface area contributed by atoms with Gasteiger partial charge in [0.05, 0.1) is 22.1 Å². The topological polar surface area (TPSA) is 72.5 Å². The van der Waals surface area contributed by atoms with Crippen LogP contribution in [0, 0.1) is 5.82 Å². The smallest absolute Gasteiger partial charge is 0.339 e. The first-order chi connectivity index (χ1) is 9.83. The van der Waals surface area contributed by atoms with E-state index in [1.165, 1.54) is 6.07 Å². The number of thiophene rings is 1. The molecule has 0 fully saturated rings. The van der Waals surface area contributed by atoms with E-state index in [1.54, 1.807) is 6.07 Å². The molecule has 0 amide bonds. The van der Waals surface area contributed by atoms with Crippen LogP contribution in [0.2, 0.25) is 0 Å². The molecule has 0 aliphatic heterocycles. The third-order valence-corrected chi connectivity index (χ3v) is 5.93. The molecule has 0 saturated heterocycles. The van der Waals surface area contributed by atoms with E-state index in [4.69, 9.17) is 0 Å². The van der Waals surface area contributed by atoms with Crippen LogP contribution in [0.5, 0.6) is 0 Å². The first kappa shape index (κ1) is 15.9. The van der Waals surface area contributed by atoms with Gasteiger partial charge in [0.15, 0.2) is 0 Å². The fourth-order valence-electron chi connectivity index (χ4n) is 1.53. The first-order valence-corrected chi connectivity index (χ1v) is 8.59. The normalized spacial score (nSPS) is 11.2. The quantitative estimate of drug-likeness (QED) is 0.809. The Kier molecular flexibility index (Phi) is 4.64. The van der Waals surface area contributed by atoms with Crippen molar-refractivity contribution in [3.63, 3.8) is 0 Å². The van der Waals surface area contributed by atoms with Gasteiger partial charge in [0.2, 0.25) is 0 Å². The maximum absolute atomic E-state index is 13.3. The van der Waals surface area contributed by atoms with Gasteiger partial charge < -0.3 is 4.74 Å².